The second-order valence-electron chi connectivity index (χ2n) is 10.5. The largest absolute Gasteiger partial charge is 0.414 e. The average Bonchev–Trinajstić information content (AvgIpc) is 3.57. The Kier molecular flexibility index (Phi) is 7.60. The number of aryl methyl sites for hydroxylation is 2. The van der Waals surface area contributed by atoms with Crippen molar-refractivity contribution < 1.29 is 19.1 Å². The van der Waals surface area contributed by atoms with Crippen LogP contribution in [0.3, 0.4) is 0 Å². The molecule has 1 aliphatic rings. The smallest absolute Gasteiger partial charge is 0.410 e. The molecule has 1 aromatic carbocycles. The van der Waals surface area contributed by atoms with Crippen LogP contribution in [0.5, 0.6) is 5.75 Å². The highest BCUT2D eigenvalue weighted by molar-refractivity contribution is 5.98. The maximum Gasteiger partial charge on any atom is 0.414 e. The summed E-state index contributed by atoms with van der Waals surface area (Å²) in [6.07, 6.45) is 6.98. The monoisotopic (exact) mass is 559 g/mol. The van der Waals surface area contributed by atoms with Crippen LogP contribution in [0, 0.1) is 12.3 Å². The van der Waals surface area contributed by atoms with Crippen LogP contribution in [0.1, 0.15) is 28.8 Å². The molecule has 0 spiro atoms. The Morgan fingerprint density at radius 1 is 1.17 bits per heavy atom. The lowest BCUT2D eigenvalue weighted by atomic mass is 9.77. The Balaban J connectivity index is 1.36. The van der Waals surface area contributed by atoms with Crippen molar-refractivity contribution in [3.05, 3.63) is 60.3 Å². The number of ether oxygens (including phenoxy) is 1. The third kappa shape index (κ3) is 5.83. The van der Waals surface area contributed by atoms with Crippen molar-refractivity contribution in [3.8, 4) is 5.75 Å². The molecule has 13 heteroatoms. The van der Waals surface area contributed by atoms with E-state index in [2.05, 4.69) is 35.6 Å². The van der Waals surface area contributed by atoms with Crippen molar-refractivity contribution in [1.29, 1.82) is 0 Å². The number of piperidine rings is 1. The molecular formula is C28H33N9O4. The number of carbonyl (C=O) groups is 3. The van der Waals surface area contributed by atoms with Crippen LogP contribution in [0.4, 0.5) is 16.3 Å². The standard InChI is InChI=1S/C28H33N9O4/c1-18-13-29-23-22(18)24(32-17-31-23)37-10-8-28(9-11-37,16-30-25(38)19-14-33-36(4)15-19)26(39)34-20-6-5-7-21(12-20)41-27(40)35(2)3/h5-7,12-15,17H,8-11,16H2,1-4H3,(H,30,38)(H,34,39)(H,29,31,32). The van der Waals surface area contributed by atoms with Gasteiger partial charge in [-0.3, -0.25) is 14.3 Å². The number of benzene rings is 1. The van der Waals surface area contributed by atoms with E-state index in [9.17, 15) is 14.4 Å². The predicted molar refractivity (Wildman–Crippen MR) is 153 cm³/mol. The third-order valence-electron chi connectivity index (χ3n) is 7.37. The summed E-state index contributed by atoms with van der Waals surface area (Å²) < 4.78 is 6.90. The number of rotatable bonds is 7. The molecule has 13 nitrogen and oxygen atoms in total. The Labute approximate surface area is 236 Å². The molecule has 0 aliphatic carbocycles. The molecule has 3 aromatic heterocycles. The zero-order chi connectivity index (χ0) is 29.1. The van der Waals surface area contributed by atoms with Gasteiger partial charge in [0.05, 0.1) is 22.6 Å². The summed E-state index contributed by atoms with van der Waals surface area (Å²) in [4.78, 5) is 54.3. The van der Waals surface area contributed by atoms with Crippen molar-refractivity contribution in [2.24, 2.45) is 12.5 Å². The number of nitrogens with zero attached hydrogens (tertiary/aromatic N) is 6. The molecular weight excluding hydrogens is 526 g/mol. The Bertz CT molecular complexity index is 1580. The number of nitrogens with one attached hydrogen (secondary N) is 3. The molecule has 5 rings (SSSR count). The molecule has 0 unspecified atom stereocenters. The van der Waals surface area contributed by atoms with Gasteiger partial charge in [0, 0.05) is 64.9 Å². The summed E-state index contributed by atoms with van der Waals surface area (Å²) in [7, 11) is 4.92. The van der Waals surface area contributed by atoms with E-state index in [0.717, 1.165) is 22.4 Å². The number of aromatic amines is 1. The van der Waals surface area contributed by atoms with Crippen molar-refractivity contribution in [3.63, 3.8) is 0 Å². The first-order chi connectivity index (χ1) is 19.6. The van der Waals surface area contributed by atoms with Crippen LogP contribution < -0.4 is 20.3 Å². The van der Waals surface area contributed by atoms with Gasteiger partial charge in [-0.25, -0.2) is 14.8 Å². The Morgan fingerprint density at radius 3 is 2.66 bits per heavy atom. The van der Waals surface area contributed by atoms with Gasteiger partial charge in [0.1, 0.15) is 23.5 Å². The molecule has 3 amide bonds. The van der Waals surface area contributed by atoms with E-state index in [1.54, 1.807) is 56.3 Å². The summed E-state index contributed by atoms with van der Waals surface area (Å²) in [6.45, 7) is 3.24. The van der Waals surface area contributed by atoms with Crippen LogP contribution >= 0.6 is 0 Å². The number of hydrogen-bond acceptors (Lipinski definition) is 8. The summed E-state index contributed by atoms with van der Waals surface area (Å²) in [5.41, 5.74) is 1.82. The van der Waals surface area contributed by atoms with Gasteiger partial charge in [0.2, 0.25) is 5.91 Å². The molecule has 1 fully saturated rings. The first-order valence-corrected chi connectivity index (χ1v) is 13.3. The summed E-state index contributed by atoms with van der Waals surface area (Å²) >= 11 is 0. The first-order valence-electron chi connectivity index (χ1n) is 13.3. The highest BCUT2D eigenvalue weighted by Gasteiger charge is 2.42. The van der Waals surface area contributed by atoms with E-state index in [4.69, 9.17) is 4.74 Å². The molecule has 0 bridgehead atoms. The molecule has 0 atom stereocenters. The second-order valence-corrected chi connectivity index (χ2v) is 10.5. The van der Waals surface area contributed by atoms with Crippen LogP contribution in [0.2, 0.25) is 0 Å². The summed E-state index contributed by atoms with van der Waals surface area (Å²) in [5.74, 6) is 0.596. The lowest BCUT2D eigenvalue weighted by molar-refractivity contribution is -0.126. The van der Waals surface area contributed by atoms with Gasteiger partial charge >= 0.3 is 6.09 Å². The number of fused-ring (bicyclic) bond motifs is 1. The molecule has 0 radical (unpaired) electrons. The minimum absolute atomic E-state index is 0.137. The maximum absolute atomic E-state index is 13.9. The number of hydrogen-bond donors (Lipinski definition) is 3. The fourth-order valence-electron chi connectivity index (χ4n) is 4.95. The highest BCUT2D eigenvalue weighted by Crippen LogP contribution is 2.36. The molecule has 0 saturated carbocycles. The van der Waals surface area contributed by atoms with Gasteiger partial charge in [0.15, 0.2) is 0 Å². The van der Waals surface area contributed by atoms with Gasteiger partial charge in [-0.15, -0.1) is 0 Å². The predicted octanol–water partition coefficient (Wildman–Crippen LogP) is 2.72. The number of carbonyl (C=O) groups excluding carboxylic acids is 3. The summed E-state index contributed by atoms with van der Waals surface area (Å²) in [6, 6.07) is 6.68. The first kappa shape index (κ1) is 27.6. The van der Waals surface area contributed by atoms with E-state index in [0.29, 0.717) is 42.9 Å². The van der Waals surface area contributed by atoms with E-state index < -0.39 is 11.5 Å². The van der Waals surface area contributed by atoms with Crippen LogP contribution in [-0.2, 0) is 11.8 Å². The van der Waals surface area contributed by atoms with Crippen LogP contribution in [0.15, 0.2) is 49.2 Å². The lowest BCUT2D eigenvalue weighted by Crippen LogP contribution is -2.52. The zero-order valence-corrected chi connectivity index (χ0v) is 23.5. The van der Waals surface area contributed by atoms with Crippen molar-refractivity contribution in [2.45, 2.75) is 19.8 Å². The van der Waals surface area contributed by atoms with Crippen molar-refractivity contribution in [1.82, 2.24) is 34.9 Å². The van der Waals surface area contributed by atoms with E-state index >= 15 is 0 Å². The van der Waals surface area contributed by atoms with Gasteiger partial charge in [-0.1, -0.05) is 6.07 Å². The Hall–Kier alpha value is -4.94. The van der Waals surface area contributed by atoms with Crippen molar-refractivity contribution >= 4 is 40.4 Å². The van der Waals surface area contributed by atoms with E-state index in [1.807, 2.05) is 13.1 Å². The molecule has 3 N–H and O–H groups in total. The van der Waals surface area contributed by atoms with Crippen molar-refractivity contribution in [2.75, 3.05) is 43.9 Å². The number of amides is 3. The third-order valence-corrected chi connectivity index (χ3v) is 7.37. The van der Waals surface area contributed by atoms with Crippen LogP contribution in [-0.4, -0.2) is 81.3 Å². The maximum atomic E-state index is 13.9. The Morgan fingerprint density at radius 2 is 1.95 bits per heavy atom. The quantitative estimate of drug-likeness (QED) is 0.313. The van der Waals surface area contributed by atoms with E-state index in [1.165, 1.54) is 17.4 Å². The number of anilines is 2. The molecule has 1 aliphatic heterocycles. The molecule has 4 aromatic rings. The SMILES string of the molecule is Cc1c[nH]c2ncnc(N3CCC(CNC(=O)c4cnn(C)c4)(C(=O)Nc4cccc(OC(=O)N(C)C)c4)CC3)c12. The van der Waals surface area contributed by atoms with Gasteiger partial charge < -0.3 is 30.2 Å². The normalized spacial score (nSPS) is 14.5. The number of aromatic nitrogens is 5. The van der Waals surface area contributed by atoms with Crippen LogP contribution in [0.25, 0.3) is 11.0 Å². The molecule has 214 valence electrons. The fraction of sp³-hybridized carbons (Fsp3) is 0.357. The minimum atomic E-state index is -0.899. The van der Waals surface area contributed by atoms with Gasteiger partial charge in [-0.2, -0.15) is 5.10 Å². The molecule has 41 heavy (non-hydrogen) atoms. The average molecular weight is 560 g/mol. The topological polar surface area (TPSA) is 150 Å². The number of H-pyrrole nitrogens is 1. The molecule has 4 heterocycles. The zero-order valence-electron chi connectivity index (χ0n) is 23.5. The minimum Gasteiger partial charge on any atom is -0.410 e. The van der Waals surface area contributed by atoms with E-state index in [-0.39, 0.29) is 18.4 Å². The molecule has 1 saturated heterocycles. The lowest BCUT2D eigenvalue weighted by Gasteiger charge is -2.41. The van der Waals surface area contributed by atoms with Gasteiger partial charge in [0.25, 0.3) is 5.91 Å². The second kappa shape index (κ2) is 11.3. The highest BCUT2D eigenvalue weighted by atomic mass is 16.6. The fourth-order valence-corrected chi connectivity index (χ4v) is 4.95. The van der Waals surface area contributed by atoms with Gasteiger partial charge in [-0.05, 0) is 37.5 Å². The summed E-state index contributed by atoms with van der Waals surface area (Å²) in [5, 5.41) is 11.0.